The van der Waals surface area contributed by atoms with Gasteiger partial charge >= 0.3 is 6.09 Å². The van der Waals surface area contributed by atoms with Gasteiger partial charge in [0.25, 0.3) is 0 Å². The fourth-order valence-electron chi connectivity index (χ4n) is 2.84. The van der Waals surface area contributed by atoms with Gasteiger partial charge < -0.3 is 14.4 Å². The van der Waals surface area contributed by atoms with Gasteiger partial charge in [0.1, 0.15) is 18.1 Å². The predicted octanol–water partition coefficient (Wildman–Crippen LogP) is 2.98. The van der Waals surface area contributed by atoms with E-state index in [1.54, 1.807) is 24.3 Å². The lowest BCUT2D eigenvalue weighted by atomic mass is 10.1. The summed E-state index contributed by atoms with van der Waals surface area (Å²) in [5, 5.41) is 8.42. The number of nitrogens with zero attached hydrogens (tertiary/aromatic N) is 3. The molecule has 1 aromatic carbocycles. The van der Waals surface area contributed by atoms with E-state index >= 15 is 0 Å². The Morgan fingerprint density at radius 2 is 2.12 bits per heavy atom. The van der Waals surface area contributed by atoms with Gasteiger partial charge in [0.2, 0.25) is 0 Å². The average molecular weight is 338 g/mol. The lowest BCUT2D eigenvalue weighted by molar-refractivity contribution is 0.103. The van der Waals surface area contributed by atoms with Crippen LogP contribution in [0.25, 0.3) is 22.2 Å². The van der Waals surface area contributed by atoms with Gasteiger partial charge in [-0.05, 0) is 30.7 Å². The maximum atomic E-state index is 12.0. The first-order chi connectivity index (χ1) is 12.2. The summed E-state index contributed by atoms with van der Waals surface area (Å²) < 4.78 is 11.2. The lowest BCUT2D eigenvalue weighted by Crippen LogP contribution is -2.29. The summed E-state index contributed by atoms with van der Waals surface area (Å²) in [6.07, 6.45) is 3.80. The maximum Gasteiger partial charge on any atom is 0.409 e. The van der Waals surface area contributed by atoms with Crippen LogP contribution in [0.3, 0.4) is 0 Å². The quantitative estimate of drug-likeness (QED) is 0.681. The van der Waals surface area contributed by atoms with Crippen LogP contribution in [0.1, 0.15) is 12.0 Å². The third kappa shape index (κ3) is 3.13. The zero-order valence-corrected chi connectivity index (χ0v) is 13.9. The lowest BCUT2D eigenvalue weighted by Gasteiger charge is -2.17. The summed E-state index contributed by atoms with van der Waals surface area (Å²) in [6.45, 7) is 1.26. The van der Waals surface area contributed by atoms with Crippen LogP contribution < -0.4 is 4.74 Å². The first-order valence-electron chi connectivity index (χ1n) is 8.14. The third-order valence-electron chi connectivity index (χ3n) is 4.18. The molecule has 0 saturated heterocycles. The Morgan fingerprint density at radius 3 is 3.04 bits per heavy atom. The van der Waals surface area contributed by atoms with Crippen molar-refractivity contribution in [3.63, 3.8) is 0 Å². The molecule has 4 bridgehead atoms. The van der Waals surface area contributed by atoms with Crippen molar-refractivity contribution in [1.29, 1.82) is 0 Å². The Morgan fingerprint density at radius 1 is 1.20 bits per heavy atom. The molecule has 3 aromatic rings. The van der Waals surface area contributed by atoms with Gasteiger partial charge in [-0.2, -0.15) is 5.10 Å². The number of aromatic amines is 1. The average Bonchev–Trinajstić information content (AvgIpc) is 3.06. The number of nitrogens with one attached hydrogen (secondary N) is 1. The van der Waals surface area contributed by atoms with Crippen molar-refractivity contribution in [2.75, 3.05) is 20.2 Å². The maximum absolute atomic E-state index is 12.0. The Hall–Kier alpha value is -3.09. The van der Waals surface area contributed by atoms with Crippen LogP contribution in [0.15, 0.2) is 36.7 Å². The van der Waals surface area contributed by atoms with Gasteiger partial charge in [-0.1, -0.05) is 0 Å². The zero-order chi connectivity index (χ0) is 17.2. The normalized spacial score (nSPS) is 15.4. The minimum atomic E-state index is -0.358. The summed E-state index contributed by atoms with van der Waals surface area (Å²) in [4.78, 5) is 17.8. The molecule has 1 aliphatic rings. The van der Waals surface area contributed by atoms with E-state index in [1.807, 2.05) is 24.3 Å². The SMILES string of the molecule is CN1CCCOc2ccc3[nH]nc(c3c2)-c2cncc(c2)COC1=O. The van der Waals surface area contributed by atoms with Crippen molar-refractivity contribution in [3.8, 4) is 17.0 Å². The monoisotopic (exact) mass is 338 g/mol. The van der Waals surface area contributed by atoms with E-state index in [9.17, 15) is 4.79 Å². The summed E-state index contributed by atoms with van der Waals surface area (Å²) in [5.74, 6) is 0.777. The highest BCUT2D eigenvalue weighted by atomic mass is 16.6. The summed E-state index contributed by atoms with van der Waals surface area (Å²) in [6, 6.07) is 7.78. The molecule has 7 heteroatoms. The van der Waals surface area contributed by atoms with Gasteiger partial charge in [0.15, 0.2) is 0 Å². The predicted molar refractivity (Wildman–Crippen MR) is 92.3 cm³/mol. The van der Waals surface area contributed by atoms with E-state index in [2.05, 4.69) is 15.2 Å². The molecule has 0 radical (unpaired) electrons. The van der Waals surface area contributed by atoms with Crippen molar-refractivity contribution < 1.29 is 14.3 Å². The molecule has 128 valence electrons. The Balaban J connectivity index is 1.77. The summed E-state index contributed by atoms with van der Waals surface area (Å²) in [5.41, 5.74) is 3.41. The molecule has 3 heterocycles. The van der Waals surface area contributed by atoms with Crippen molar-refractivity contribution in [2.45, 2.75) is 13.0 Å². The number of carbonyl (C=O) groups is 1. The molecule has 0 fully saturated rings. The summed E-state index contributed by atoms with van der Waals surface area (Å²) >= 11 is 0. The van der Waals surface area contributed by atoms with Gasteiger partial charge in [-0.3, -0.25) is 10.1 Å². The number of rotatable bonds is 0. The van der Waals surface area contributed by atoms with Crippen molar-refractivity contribution >= 4 is 17.0 Å². The Kier molecular flexibility index (Phi) is 3.97. The third-order valence-corrected chi connectivity index (χ3v) is 4.18. The van der Waals surface area contributed by atoms with E-state index in [-0.39, 0.29) is 12.7 Å². The van der Waals surface area contributed by atoms with Crippen LogP contribution in [0, 0.1) is 0 Å². The molecule has 1 N–H and O–H groups in total. The number of aromatic nitrogens is 3. The van der Waals surface area contributed by atoms with Crippen molar-refractivity contribution in [1.82, 2.24) is 20.1 Å². The molecule has 1 amide bonds. The van der Waals surface area contributed by atoms with Crippen molar-refractivity contribution in [3.05, 3.63) is 42.2 Å². The van der Waals surface area contributed by atoms with Crippen LogP contribution in [0.2, 0.25) is 0 Å². The van der Waals surface area contributed by atoms with Gasteiger partial charge in [-0.25, -0.2) is 4.79 Å². The number of hydrogen-bond acceptors (Lipinski definition) is 5. The number of benzene rings is 1. The molecule has 7 nitrogen and oxygen atoms in total. The van der Waals surface area contributed by atoms with Crippen LogP contribution >= 0.6 is 0 Å². The zero-order valence-electron chi connectivity index (χ0n) is 13.9. The molecule has 1 aliphatic heterocycles. The van der Waals surface area contributed by atoms with Crippen molar-refractivity contribution in [2.24, 2.45) is 0 Å². The molecule has 25 heavy (non-hydrogen) atoms. The Bertz CT molecular complexity index is 922. The summed E-state index contributed by atoms with van der Waals surface area (Å²) in [7, 11) is 1.72. The first kappa shape index (κ1) is 15.4. The molecular weight excluding hydrogens is 320 g/mol. The smallest absolute Gasteiger partial charge is 0.409 e. The van der Waals surface area contributed by atoms with Gasteiger partial charge in [-0.15, -0.1) is 0 Å². The number of cyclic esters (lactones) is 1. The van der Waals surface area contributed by atoms with Crippen LogP contribution in [0.5, 0.6) is 5.75 Å². The number of pyridine rings is 1. The number of hydrogen-bond donors (Lipinski definition) is 1. The number of fused-ring (bicyclic) bond motifs is 4. The molecule has 0 unspecified atom stereocenters. The van der Waals surface area contributed by atoms with E-state index in [0.717, 1.165) is 39.9 Å². The molecule has 0 aliphatic carbocycles. The second-order valence-corrected chi connectivity index (χ2v) is 6.04. The molecule has 4 rings (SSSR count). The molecule has 2 aromatic heterocycles. The minimum absolute atomic E-state index is 0.175. The van der Waals surface area contributed by atoms with Gasteiger partial charge in [0.05, 0.1) is 12.1 Å². The second kappa shape index (κ2) is 6.43. The van der Waals surface area contributed by atoms with E-state index < -0.39 is 0 Å². The highest BCUT2D eigenvalue weighted by Crippen LogP contribution is 2.29. The van der Waals surface area contributed by atoms with E-state index in [4.69, 9.17) is 9.47 Å². The fourth-order valence-corrected chi connectivity index (χ4v) is 2.84. The minimum Gasteiger partial charge on any atom is -0.494 e. The van der Waals surface area contributed by atoms with E-state index in [0.29, 0.717) is 13.2 Å². The van der Waals surface area contributed by atoms with Gasteiger partial charge in [0, 0.05) is 42.5 Å². The number of carbonyl (C=O) groups excluding carboxylic acids is 1. The molecular formula is C18H18N4O3. The van der Waals surface area contributed by atoms with E-state index in [1.165, 1.54) is 0 Å². The number of amides is 1. The largest absolute Gasteiger partial charge is 0.494 e. The second-order valence-electron chi connectivity index (χ2n) is 6.04. The molecule has 0 saturated carbocycles. The standard InChI is InChI=1S/C18H18N4O3/c1-22-5-2-6-24-14-3-4-16-15(8-14)17(21-20-16)13-7-12(9-19-10-13)11-25-18(22)23/h3-4,7-10H,2,5-6,11H2,1H3,(H,20,21). The fraction of sp³-hybridized carbons (Fsp3) is 0.278. The molecule has 0 atom stereocenters. The highest BCUT2D eigenvalue weighted by Gasteiger charge is 2.14. The number of ether oxygens (including phenoxy) is 2. The van der Waals surface area contributed by atoms with Crippen LogP contribution in [-0.2, 0) is 11.3 Å². The Labute approximate surface area is 144 Å². The molecule has 0 spiro atoms. The number of H-pyrrole nitrogens is 1. The first-order valence-corrected chi connectivity index (χ1v) is 8.14. The van der Waals surface area contributed by atoms with Crippen LogP contribution in [-0.4, -0.2) is 46.4 Å². The highest BCUT2D eigenvalue weighted by molar-refractivity contribution is 5.93. The topological polar surface area (TPSA) is 80.3 Å². The van der Waals surface area contributed by atoms with Crippen LogP contribution in [0.4, 0.5) is 4.79 Å².